The van der Waals surface area contributed by atoms with Crippen LogP contribution in [0.25, 0.3) is 22.4 Å². The summed E-state index contributed by atoms with van der Waals surface area (Å²) >= 11 is 0. The smallest absolute Gasteiger partial charge is 0.418 e. The number of hydrogen-bond acceptors (Lipinski definition) is 5. The molecule has 140 valence electrons. The second kappa shape index (κ2) is 6.56. The first kappa shape index (κ1) is 16.8. The van der Waals surface area contributed by atoms with Gasteiger partial charge in [-0.1, -0.05) is 0 Å². The highest BCUT2D eigenvalue weighted by molar-refractivity contribution is 5.90. The first-order valence-electron chi connectivity index (χ1n) is 8.27. The highest BCUT2D eigenvalue weighted by atomic mass is 19.4. The van der Waals surface area contributed by atoms with Gasteiger partial charge < -0.3 is 10.1 Å². The van der Waals surface area contributed by atoms with Crippen LogP contribution >= 0.6 is 0 Å². The Morgan fingerprint density at radius 1 is 1.15 bits per heavy atom. The largest absolute Gasteiger partial charge is 0.474 e. The standard InChI is InChI=1S/C17H16F3N5O.2H2/c18-17(19,20)12-3-4-13(26-10-5-8-21-9-6-10)23-15(12)14-11-2-1-7-22-16(11)25-24-14;;/h1-4,7,10,21H,5-6,8-9H2,(H,22,24,25);2*1H. The van der Waals surface area contributed by atoms with Gasteiger partial charge in [-0.15, -0.1) is 0 Å². The van der Waals surface area contributed by atoms with Crippen molar-refractivity contribution in [1.82, 2.24) is 25.5 Å². The Balaban J connectivity index is 0.00000140. The van der Waals surface area contributed by atoms with Crippen molar-refractivity contribution in [2.24, 2.45) is 0 Å². The van der Waals surface area contributed by atoms with Crippen LogP contribution in [0.2, 0.25) is 0 Å². The predicted octanol–water partition coefficient (Wildman–Crippen LogP) is 3.66. The van der Waals surface area contributed by atoms with Crippen LogP contribution in [0.3, 0.4) is 0 Å². The van der Waals surface area contributed by atoms with Crippen molar-refractivity contribution in [2.75, 3.05) is 13.1 Å². The Hall–Kier alpha value is -2.68. The topological polar surface area (TPSA) is 75.7 Å². The van der Waals surface area contributed by atoms with Crippen LogP contribution in [0.5, 0.6) is 5.88 Å². The second-order valence-corrected chi connectivity index (χ2v) is 6.08. The third-order valence-electron chi connectivity index (χ3n) is 4.32. The Morgan fingerprint density at radius 2 is 1.96 bits per heavy atom. The van der Waals surface area contributed by atoms with Crippen LogP contribution in [0, 0.1) is 0 Å². The summed E-state index contributed by atoms with van der Waals surface area (Å²) in [5.74, 6) is 0.173. The summed E-state index contributed by atoms with van der Waals surface area (Å²) in [5.41, 5.74) is -0.567. The minimum absolute atomic E-state index is 0. The normalized spacial score (nSPS) is 16.1. The van der Waals surface area contributed by atoms with Crippen molar-refractivity contribution in [3.05, 3.63) is 36.0 Å². The molecule has 26 heavy (non-hydrogen) atoms. The lowest BCUT2D eigenvalue weighted by atomic mass is 10.1. The zero-order chi connectivity index (χ0) is 18.1. The number of aromatic nitrogens is 4. The monoisotopic (exact) mass is 367 g/mol. The van der Waals surface area contributed by atoms with Crippen LogP contribution in [-0.2, 0) is 6.18 Å². The molecule has 4 rings (SSSR count). The summed E-state index contributed by atoms with van der Waals surface area (Å²) in [7, 11) is 0. The first-order chi connectivity index (χ1) is 12.5. The molecule has 3 aromatic rings. The lowest BCUT2D eigenvalue weighted by Crippen LogP contribution is -2.34. The molecule has 0 atom stereocenters. The quantitative estimate of drug-likeness (QED) is 0.739. The van der Waals surface area contributed by atoms with Crippen molar-refractivity contribution >= 4 is 11.0 Å². The van der Waals surface area contributed by atoms with Gasteiger partial charge in [-0.05, 0) is 44.1 Å². The van der Waals surface area contributed by atoms with Gasteiger partial charge in [-0.25, -0.2) is 9.97 Å². The lowest BCUT2D eigenvalue weighted by Gasteiger charge is -2.23. The number of rotatable bonds is 3. The number of alkyl halides is 3. The van der Waals surface area contributed by atoms with Crippen LogP contribution in [-0.4, -0.2) is 39.4 Å². The summed E-state index contributed by atoms with van der Waals surface area (Å²) in [6.07, 6.45) is -1.51. The van der Waals surface area contributed by atoms with E-state index in [-0.39, 0.29) is 26.2 Å². The number of ether oxygens (including phenoxy) is 1. The molecule has 3 aromatic heterocycles. The maximum Gasteiger partial charge on any atom is 0.418 e. The number of nitrogens with zero attached hydrogens (tertiary/aromatic N) is 3. The molecule has 0 spiro atoms. The fourth-order valence-corrected chi connectivity index (χ4v) is 3.04. The van der Waals surface area contributed by atoms with E-state index in [0.29, 0.717) is 11.0 Å². The Morgan fingerprint density at radius 3 is 2.73 bits per heavy atom. The van der Waals surface area contributed by atoms with Gasteiger partial charge in [0.05, 0.1) is 11.3 Å². The SMILES string of the molecule is FC(F)(F)c1ccc(OC2CCNCC2)nc1-c1[nH]nc2ncccc12.[HH].[HH]. The van der Waals surface area contributed by atoms with Gasteiger partial charge in [0.15, 0.2) is 5.65 Å². The molecule has 0 radical (unpaired) electrons. The van der Waals surface area contributed by atoms with E-state index in [2.05, 4.69) is 25.5 Å². The number of fused-ring (bicyclic) bond motifs is 1. The van der Waals surface area contributed by atoms with E-state index < -0.39 is 11.7 Å². The first-order valence-corrected chi connectivity index (χ1v) is 8.27. The van der Waals surface area contributed by atoms with Gasteiger partial charge in [0.1, 0.15) is 11.8 Å². The van der Waals surface area contributed by atoms with Crippen molar-refractivity contribution < 1.29 is 20.8 Å². The molecule has 1 aliphatic rings. The Labute approximate surface area is 149 Å². The van der Waals surface area contributed by atoms with E-state index in [1.165, 1.54) is 12.3 Å². The van der Waals surface area contributed by atoms with E-state index >= 15 is 0 Å². The molecule has 9 heteroatoms. The second-order valence-electron chi connectivity index (χ2n) is 6.08. The molecule has 2 N–H and O–H groups in total. The fourth-order valence-electron chi connectivity index (χ4n) is 3.04. The molecule has 1 saturated heterocycles. The van der Waals surface area contributed by atoms with E-state index in [4.69, 9.17) is 4.74 Å². The number of halogens is 3. The Kier molecular flexibility index (Phi) is 4.23. The highest BCUT2D eigenvalue weighted by Crippen LogP contribution is 2.38. The van der Waals surface area contributed by atoms with Crippen molar-refractivity contribution in [2.45, 2.75) is 25.1 Å². The van der Waals surface area contributed by atoms with Gasteiger partial charge >= 0.3 is 6.18 Å². The molecule has 0 saturated carbocycles. The predicted molar refractivity (Wildman–Crippen MR) is 92.9 cm³/mol. The average molecular weight is 367 g/mol. The van der Waals surface area contributed by atoms with Gasteiger partial charge in [0.25, 0.3) is 0 Å². The molecule has 0 bridgehead atoms. The molecule has 0 aliphatic carbocycles. The number of H-pyrrole nitrogens is 1. The third-order valence-corrected chi connectivity index (χ3v) is 4.32. The molecule has 1 fully saturated rings. The maximum absolute atomic E-state index is 13.5. The van der Waals surface area contributed by atoms with Crippen LogP contribution in [0.15, 0.2) is 30.5 Å². The van der Waals surface area contributed by atoms with E-state index in [1.54, 1.807) is 12.1 Å². The summed E-state index contributed by atoms with van der Waals surface area (Å²) in [5, 5.41) is 10.3. The summed E-state index contributed by atoms with van der Waals surface area (Å²) in [6.45, 7) is 1.63. The van der Waals surface area contributed by atoms with E-state index in [1.807, 2.05) is 0 Å². The number of pyridine rings is 2. The minimum atomic E-state index is -4.55. The van der Waals surface area contributed by atoms with Crippen LogP contribution in [0.4, 0.5) is 13.2 Å². The fraction of sp³-hybridized carbons (Fsp3) is 0.353. The summed E-state index contributed by atoms with van der Waals surface area (Å²) in [4.78, 5) is 8.21. The van der Waals surface area contributed by atoms with Gasteiger partial charge in [0, 0.05) is 20.5 Å². The van der Waals surface area contributed by atoms with Gasteiger partial charge in [-0.2, -0.15) is 18.3 Å². The van der Waals surface area contributed by atoms with Crippen molar-refractivity contribution in [1.29, 1.82) is 0 Å². The number of nitrogens with one attached hydrogen (secondary N) is 2. The maximum atomic E-state index is 13.5. The molecular weight excluding hydrogens is 347 g/mol. The van der Waals surface area contributed by atoms with Crippen molar-refractivity contribution in [3.8, 4) is 17.3 Å². The molecular formula is C17H20F3N5O. The molecule has 0 unspecified atom stereocenters. The average Bonchev–Trinajstić information content (AvgIpc) is 3.05. The number of aromatic amines is 1. The van der Waals surface area contributed by atoms with Gasteiger partial charge in [-0.3, -0.25) is 5.10 Å². The molecule has 0 amide bonds. The number of piperidine rings is 1. The molecule has 0 aromatic carbocycles. The van der Waals surface area contributed by atoms with Crippen LogP contribution < -0.4 is 10.1 Å². The van der Waals surface area contributed by atoms with E-state index in [9.17, 15) is 13.2 Å². The summed E-state index contributed by atoms with van der Waals surface area (Å²) in [6, 6.07) is 5.57. The van der Waals surface area contributed by atoms with Crippen molar-refractivity contribution in [3.63, 3.8) is 0 Å². The molecule has 6 nitrogen and oxygen atoms in total. The van der Waals surface area contributed by atoms with E-state index in [0.717, 1.165) is 32.0 Å². The highest BCUT2D eigenvalue weighted by Gasteiger charge is 2.36. The zero-order valence-corrected chi connectivity index (χ0v) is 13.7. The number of hydrogen-bond donors (Lipinski definition) is 2. The zero-order valence-electron chi connectivity index (χ0n) is 13.7. The van der Waals surface area contributed by atoms with Crippen LogP contribution in [0.1, 0.15) is 21.3 Å². The van der Waals surface area contributed by atoms with Gasteiger partial charge in [0.2, 0.25) is 5.88 Å². The molecule has 4 heterocycles. The molecule has 1 aliphatic heterocycles. The summed E-state index contributed by atoms with van der Waals surface area (Å²) < 4.78 is 46.3. The Bertz CT molecular complexity index is 929. The lowest BCUT2D eigenvalue weighted by molar-refractivity contribution is -0.137. The minimum Gasteiger partial charge on any atom is -0.474 e. The third kappa shape index (κ3) is 3.22.